The van der Waals surface area contributed by atoms with Gasteiger partial charge >= 0.3 is 0 Å². The Morgan fingerprint density at radius 1 is 1.27 bits per heavy atom. The standard InChI is InChI=1S/C20H29N3O6S/c1-22-5-7-23(8-6-22)19(25)11-14-10-16-15-9-13(21-30(2,26)27)3-4-17(15)29-20(16)18(12-24)28-14/h3-4,9,14,16,18,20-21,24H,5-8,10-12H2,1-2H3/t14-,16+,18+,20-/m0/s1. The van der Waals surface area contributed by atoms with Crippen LogP contribution < -0.4 is 9.46 Å². The summed E-state index contributed by atoms with van der Waals surface area (Å²) in [5, 5.41) is 9.86. The number of hydrogen-bond donors (Lipinski definition) is 2. The van der Waals surface area contributed by atoms with Crippen molar-refractivity contribution in [1.29, 1.82) is 0 Å². The number of amides is 1. The fourth-order valence-electron chi connectivity index (χ4n) is 4.55. The van der Waals surface area contributed by atoms with Crippen LogP contribution in [-0.2, 0) is 19.6 Å². The van der Waals surface area contributed by atoms with Gasteiger partial charge in [0.2, 0.25) is 15.9 Å². The summed E-state index contributed by atoms with van der Waals surface area (Å²) in [7, 11) is -1.35. The molecule has 0 spiro atoms. The number of benzene rings is 1. The van der Waals surface area contributed by atoms with Gasteiger partial charge in [0.05, 0.1) is 25.4 Å². The van der Waals surface area contributed by atoms with E-state index in [1.165, 1.54) is 0 Å². The lowest BCUT2D eigenvalue weighted by molar-refractivity contribution is -0.150. The van der Waals surface area contributed by atoms with Crippen LogP contribution in [-0.4, -0.2) is 93.6 Å². The van der Waals surface area contributed by atoms with Crippen LogP contribution >= 0.6 is 0 Å². The molecule has 4 atom stereocenters. The van der Waals surface area contributed by atoms with E-state index < -0.39 is 16.1 Å². The van der Waals surface area contributed by atoms with Crippen molar-refractivity contribution in [2.75, 3.05) is 50.8 Å². The van der Waals surface area contributed by atoms with Gasteiger partial charge in [-0.2, -0.15) is 0 Å². The number of sulfonamides is 1. The highest BCUT2D eigenvalue weighted by Gasteiger charge is 2.46. The zero-order valence-corrected chi connectivity index (χ0v) is 18.1. The van der Waals surface area contributed by atoms with Crippen molar-refractivity contribution in [2.24, 2.45) is 0 Å². The van der Waals surface area contributed by atoms with E-state index in [2.05, 4.69) is 9.62 Å². The van der Waals surface area contributed by atoms with Gasteiger partial charge in [-0.3, -0.25) is 9.52 Å². The minimum absolute atomic E-state index is 0.0647. The van der Waals surface area contributed by atoms with Crippen LogP contribution in [0.25, 0.3) is 0 Å². The third-order valence-corrected chi connectivity index (χ3v) is 6.67. The summed E-state index contributed by atoms with van der Waals surface area (Å²) in [6.45, 7) is 2.94. The molecule has 1 aromatic rings. The quantitative estimate of drug-likeness (QED) is 0.675. The molecular formula is C20H29N3O6S. The van der Waals surface area contributed by atoms with Gasteiger partial charge in [0.15, 0.2) is 0 Å². The van der Waals surface area contributed by atoms with E-state index in [1.54, 1.807) is 18.2 Å². The summed E-state index contributed by atoms with van der Waals surface area (Å²) in [4.78, 5) is 16.8. The number of rotatable bonds is 5. The summed E-state index contributed by atoms with van der Waals surface area (Å²) < 4.78 is 37.7. The number of likely N-dealkylation sites (N-methyl/N-ethyl adjacent to an activating group) is 1. The normalized spacial score (nSPS) is 29.1. The van der Waals surface area contributed by atoms with E-state index in [4.69, 9.17) is 9.47 Å². The van der Waals surface area contributed by atoms with Crippen molar-refractivity contribution >= 4 is 21.6 Å². The molecule has 0 unspecified atom stereocenters. The first-order chi connectivity index (χ1) is 14.2. The third kappa shape index (κ3) is 4.56. The van der Waals surface area contributed by atoms with Crippen molar-refractivity contribution in [3.63, 3.8) is 0 Å². The Kier molecular flexibility index (Phi) is 5.93. The molecule has 166 valence electrons. The Labute approximate surface area is 177 Å². The summed E-state index contributed by atoms with van der Waals surface area (Å²) in [6, 6.07) is 5.17. The average molecular weight is 440 g/mol. The number of nitrogens with one attached hydrogen (secondary N) is 1. The number of ether oxygens (including phenoxy) is 2. The maximum atomic E-state index is 12.8. The van der Waals surface area contributed by atoms with E-state index >= 15 is 0 Å². The lowest BCUT2D eigenvalue weighted by atomic mass is 9.84. The number of fused-ring (bicyclic) bond motifs is 3. The van der Waals surface area contributed by atoms with Gasteiger partial charge in [0.1, 0.15) is 18.0 Å². The number of anilines is 1. The zero-order valence-electron chi connectivity index (χ0n) is 17.3. The molecule has 9 nitrogen and oxygen atoms in total. The van der Waals surface area contributed by atoms with Crippen molar-refractivity contribution in [2.45, 2.75) is 37.1 Å². The molecule has 2 fully saturated rings. The molecule has 3 heterocycles. The first kappa shape index (κ1) is 21.4. The van der Waals surface area contributed by atoms with Crippen molar-refractivity contribution in [3.05, 3.63) is 23.8 Å². The molecule has 10 heteroatoms. The molecular weight excluding hydrogens is 410 g/mol. The summed E-state index contributed by atoms with van der Waals surface area (Å²) in [5.41, 5.74) is 1.35. The Morgan fingerprint density at radius 2 is 2.00 bits per heavy atom. The van der Waals surface area contributed by atoms with Gasteiger partial charge in [-0.15, -0.1) is 0 Å². The predicted molar refractivity (Wildman–Crippen MR) is 111 cm³/mol. The first-order valence-electron chi connectivity index (χ1n) is 10.2. The largest absolute Gasteiger partial charge is 0.487 e. The number of nitrogens with zero attached hydrogens (tertiary/aromatic N) is 2. The zero-order chi connectivity index (χ0) is 21.5. The third-order valence-electron chi connectivity index (χ3n) is 6.06. The maximum absolute atomic E-state index is 12.8. The van der Waals surface area contributed by atoms with Crippen molar-refractivity contribution < 1.29 is 27.8 Å². The van der Waals surface area contributed by atoms with Crippen LogP contribution in [0, 0.1) is 0 Å². The van der Waals surface area contributed by atoms with Crippen molar-refractivity contribution in [3.8, 4) is 5.75 Å². The first-order valence-corrected chi connectivity index (χ1v) is 12.1. The number of aliphatic hydroxyl groups excluding tert-OH is 1. The molecule has 0 saturated carbocycles. The molecule has 1 amide bonds. The minimum Gasteiger partial charge on any atom is -0.487 e. The molecule has 0 bridgehead atoms. The number of carbonyl (C=O) groups is 1. The molecule has 0 aromatic heterocycles. The number of hydrogen-bond acceptors (Lipinski definition) is 7. The highest BCUT2D eigenvalue weighted by atomic mass is 32.2. The fraction of sp³-hybridized carbons (Fsp3) is 0.650. The molecule has 0 radical (unpaired) electrons. The molecule has 3 aliphatic rings. The smallest absolute Gasteiger partial charge is 0.229 e. The van der Waals surface area contributed by atoms with Crippen molar-refractivity contribution in [1.82, 2.24) is 9.80 Å². The Balaban J connectivity index is 1.49. The number of piperazine rings is 1. The average Bonchev–Trinajstić information content (AvgIpc) is 3.04. The number of carbonyl (C=O) groups excluding carboxylic acids is 1. The Hall–Kier alpha value is -1.88. The van der Waals surface area contributed by atoms with E-state index in [1.807, 2.05) is 11.9 Å². The summed E-state index contributed by atoms with van der Waals surface area (Å²) in [5.74, 6) is 0.657. The minimum atomic E-state index is -3.39. The second kappa shape index (κ2) is 8.33. The van der Waals surface area contributed by atoms with Crippen LogP contribution in [0.5, 0.6) is 5.75 Å². The van der Waals surface area contributed by atoms with Gasteiger partial charge in [-0.1, -0.05) is 0 Å². The summed E-state index contributed by atoms with van der Waals surface area (Å²) in [6.07, 6.45) is 0.740. The van der Waals surface area contributed by atoms with Crippen LogP contribution in [0.2, 0.25) is 0 Å². The van der Waals surface area contributed by atoms with Crippen LogP contribution in [0.1, 0.15) is 24.3 Å². The van der Waals surface area contributed by atoms with Gasteiger partial charge in [-0.25, -0.2) is 8.42 Å². The second-order valence-corrected chi connectivity index (χ2v) is 10.2. The molecule has 3 aliphatic heterocycles. The number of aliphatic hydroxyl groups is 1. The lowest BCUT2D eigenvalue weighted by Gasteiger charge is -2.38. The predicted octanol–water partition coefficient (Wildman–Crippen LogP) is 0.217. The molecule has 2 N–H and O–H groups in total. The van der Waals surface area contributed by atoms with Gasteiger partial charge in [0.25, 0.3) is 0 Å². The van der Waals surface area contributed by atoms with Crippen LogP contribution in [0.15, 0.2) is 18.2 Å². The van der Waals surface area contributed by atoms with Gasteiger partial charge < -0.3 is 24.4 Å². The Morgan fingerprint density at radius 3 is 2.67 bits per heavy atom. The molecule has 0 aliphatic carbocycles. The van der Waals surface area contributed by atoms with E-state index in [9.17, 15) is 18.3 Å². The highest BCUT2D eigenvalue weighted by molar-refractivity contribution is 7.92. The van der Waals surface area contributed by atoms with E-state index in [-0.39, 0.29) is 37.1 Å². The topological polar surface area (TPSA) is 108 Å². The molecule has 30 heavy (non-hydrogen) atoms. The maximum Gasteiger partial charge on any atom is 0.229 e. The van der Waals surface area contributed by atoms with E-state index in [0.717, 1.165) is 24.9 Å². The van der Waals surface area contributed by atoms with E-state index in [0.29, 0.717) is 30.9 Å². The Bertz CT molecular complexity index is 900. The molecule has 1 aromatic carbocycles. The lowest BCUT2D eigenvalue weighted by Crippen LogP contribution is -2.50. The molecule has 4 rings (SSSR count). The second-order valence-electron chi connectivity index (χ2n) is 8.42. The fourth-order valence-corrected chi connectivity index (χ4v) is 5.10. The van der Waals surface area contributed by atoms with Gasteiger partial charge in [0, 0.05) is 43.3 Å². The highest BCUT2D eigenvalue weighted by Crippen LogP contribution is 2.47. The van der Waals surface area contributed by atoms with Crippen LogP contribution in [0.4, 0.5) is 5.69 Å². The molecule has 2 saturated heterocycles. The monoisotopic (exact) mass is 439 g/mol. The van der Waals surface area contributed by atoms with Crippen LogP contribution in [0.3, 0.4) is 0 Å². The SMILES string of the molecule is CN1CCN(C(=O)C[C@@H]2C[C@@H]3c4cc(NS(C)(=O)=O)ccc4O[C@@H]3[C@@H](CO)O2)CC1. The summed E-state index contributed by atoms with van der Waals surface area (Å²) >= 11 is 0. The van der Waals surface area contributed by atoms with Gasteiger partial charge in [-0.05, 0) is 31.7 Å².